The molecule has 126 valence electrons. The lowest BCUT2D eigenvalue weighted by Gasteiger charge is -2.19. The van der Waals surface area contributed by atoms with Gasteiger partial charge in [0, 0.05) is 19.5 Å². The van der Waals surface area contributed by atoms with Crippen LogP contribution in [-0.4, -0.2) is 25.5 Å². The van der Waals surface area contributed by atoms with Gasteiger partial charge in [0.25, 0.3) is 0 Å². The normalized spacial score (nSPS) is 16.6. The third-order valence-corrected chi connectivity index (χ3v) is 3.96. The first-order chi connectivity index (χ1) is 10.9. The highest BCUT2D eigenvalue weighted by Gasteiger charge is 2.34. The van der Waals surface area contributed by atoms with Gasteiger partial charge in [-0.1, -0.05) is 36.8 Å². The summed E-state index contributed by atoms with van der Waals surface area (Å²) in [6.07, 6.45) is -1.45. The molecular weight excluding hydrogens is 305 g/mol. The second kappa shape index (κ2) is 7.64. The number of alkyl halides is 3. The molecule has 0 aromatic heterocycles. The van der Waals surface area contributed by atoms with E-state index in [0.29, 0.717) is 6.54 Å². The summed E-state index contributed by atoms with van der Waals surface area (Å²) >= 11 is 0. The topological polar surface area (TPSA) is 41.1 Å². The molecule has 1 atom stereocenters. The standard InChI is InChI=1S/C17H21F3N2O/c1-12(14-4-2-3-5-15(14)17(18,19)20)10-16(23)22-11-13-6-8-21-9-7-13/h2-6,12,21H,7-11H2,1H3,(H,22,23). The number of hydrogen-bond donors (Lipinski definition) is 2. The van der Waals surface area contributed by atoms with E-state index in [9.17, 15) is 18.0 Å². The molecule has 1 unspecified atom stereocenters. The van der Waals surface area contributed by atoms with E-state index in [0.717, 1.165) is 31.1 Å². The zero-order chi connectivity index (χ0) is 16.9. The van der Waals surface area contributed by atoms with Gasteiger partial charge in [0.15, 0.2) is 0 Å². The van der Waals surface area contributed by atoms with Crippen molar-refractivity contribution in [3.8, 4) is 0 Å². The van der Waals surface area contributed by atoms with E-state index in [1.54, 1.807) is 13.0 Å². The lowest BCUT2D eigenvalue weighted by atomic mass is 9.92. The lowest BCUT2D eigenvalue weighted by Crippen LogP contribution is -2.30. The Labute approximate surface area is 134 Å². The Balaban J connectivity index is 1.95. The quantitative estimate of drug-likeness (QED) is 0.816. The van der Waals surface area contributed by atoms with Gasteiger partial charge in [-0.25, -0.2) is 0 Å². The minimum atomic E-state index is -4.40. The van der Waals surface area contributed by atoms with Crippen LogP contribution in [0.2, 0.25) is 0 Å². The Morgan fingerprint density at radius 2 is 2.09 bits per heavy atom. The fourth-order valence-corrected chi connectivity index (χ4v) is 2.69. The van der Waals surface area contributed by atoms with Crippen molar-refractivity contribution in [1.82, 2.24) is 10.6 Å². The van der Waals surface area contributed by atoms with Crippen LogP contribution >= 0.6 is 0 Å². The van der Waals surface area contributed by atoms with Gasteiger partial charge in [-0.05, 0) is 30.5 Å². The minimum absolute atomic E-state index is 0.0403. The summed E-state index contributed by atoms with van der Waals surface area (Å²) in [5.41, 5.74) is 0.651. The van der Waals surface area contributed by atoms with Crippen LogP contribution in [0.15, 0.2) is 35.9 Å². The van der Waals surface area contributed by atoms with E-state index >= 15 is 0 Å². The smallest absolute Gasteiger partial charge is 0.352 e. The van der Waals surface area contributed by atoms with Crippen molar-refractivity contribution in [2.45, 2.75) is 31.9 Å². The molecule has 0 saturated carbocycles. The van der Waals surface area contributed by atoms with E-state index in [-0.39, 0.29) is 17.9 Å². The maximum atomic E-state index is 13.0. The number of hydrogen-bond acceptors (Lipinski definition) is 2. The van der Waals surface area contributed by atoms with Gasteiger partial charge in [0.1, 0.15) is 0 Å². The second-order valence-electron chi connectivity index (χ2n) is 5.78. The first-order valence-corrected chi connectivity index (χ1v) is 7.69. The third-order valence-electron chi connectivity index (χ3n) is 3.96. The molecule has 1 aliphatic rings. The Hall–Kier alpha value is -1.82. The van der Waals surface area contributed by atoms with Gasteiger partial charge in [0.05, 0.1) is 5.56 Å². The highest BCUT2D eigenvalue weighted by atomic mass is 19.4. The van der Waals surface area contributed by atoms with Crippen molar-refractivity contribution >= 4 is 5.91 Å². The SMILES string of the molecule is CC(CC(=O)NCC1=CCNCC1)c1ccccc1C(F)(F)F. The zero-order valence-corrected chi connectivity index (χ0v) is 13.0. The molecule has 23 heavy (non-hydrogen) atoms. The molecule has 3 nitrogen and oxygen atoms in total. The first-order valence-electron chi connectivity index (χ1n) is 7.69. The first kappa shape index (κ1) is 17.5. The van der Waals surface area contributed by atoms with Crippen LogP contribution in [-0.2, 0) is 11.0 Å². The largest absolute Gasteiger partial charge is 0.416 e. The molecule has 0 spiro atoms. The highest BCUT2D eigenvalue weighted by molar-refractivity contribution is 5.77. The molecule has 0 aliphatic carbocycles. The Morgan fingerprint density at radius 3 is 2.74 bits per heavy atom. The van der Waals surface area contributed by atoms with Crippen LogP contribution < -0.4 is 10.6 Å². The van der Waals surface area contributed by atoms with Crippen LogP contribution in [0.3, 0.4) is 0 Å². The summed E-state index contributed by atoms with van der Waals surface area (Å²) in [6.45, 7) is 3.79. The molecule has 2 rings (SSSR count). The van der Waals surface area contributed by atoms with Crippen molar-refractivity contribution < 1.29 is 18.0 Å². The van der Waals surface area contributed by atoms with Crippen molar-refractivity contribution in [2.75, 3.05) is 19.6 Å². The van der Waals surface area contributed by atoms with Gasteiger partial charge < -0.3 is 10.6 Å². The number of benzene rings is 1. The molecular formula is C17H21F3N2O. The van der Waals surface area contributed by atoms with Gasteiger partial charge in [-0.15, -0.1) is 0 Å². The Bertz CT molecular complexity index is 581. The van der Waals surface area contributed by atoms with Crippen LogP contribution in [0, 0.1) is 0 Å². The molecule has 0 radical (unpaired) electrons. The summed E-state index contributed by atoms with van der Waals surface area (Å²) in [4.78, 5) is 12.0. The van der Waals surface area contributed by atoms with Crippen LogP contribution in [0.1, 0.15) is 36.8 Å². The van der Waals surface area contributed by atoms with Crippen molar-refractivity contribution in [3.05, 3.63) is 47.0 Å². The predicted octanol–water partition coefficient (Wildman–Crippen LogP) is 3.23. The molecule has 1 aromatic carbocycles. The molecule has 6 heteroatoms. The summed E-state index contributed by atoms with van der Waals surface area (Å²) in [5.74, 6) is -0.719. The fourth-order valence-electron chi connectivity index (χ4n) is 2.69. The van der Waals surface area contributed by atoms with Gasteiger partial charge in [-0.2, -0.15) is 13.2 Å². The van der Waals surface area contributed by atoms with Gasteiger partial charge in [-0.3, -0.25) is 4.79 Å². The molecule has 0 bridgehead atoms. The van der Waals surface area contributed by atoms with Crippen LogP contribution in [0.5, 0.6) is 0 Å². The molecule has 1 aromatic rings. The number of carbonyl (C=O) groups excluding carboxylic acids is 1. The molecule has 1 heterocycles. The van der Waals surface area contributed by atoms with Gasteiger partial charge in [0.2, 0.25) is 5.91 Å². The molecule has 2 N–H and O–H groups in total. The molecule has 1 aliphatic heterocycles. The third kappa shape index (κ3) is 5.10. The van der Waals surface area contributed by atoms with Crippen LogP contribution in [0.25, 0.3) is 0 Å². The summed E-state index contributed by atoms with van der Waals surface area (Å²) < 4.78 is 39.1. The Kier molecular flexibility index (Phi) is 5.82. The second-order valence-corrected chi connectivity index (χ2v) is 5.78. The predicted molar refractivity (Wildman–Crippen MR) is 83.1 cm³/mol. The van der Waals surface area contributed by atoms with E-state index in [1.807, 2.05) is 6.08 Å². The number of rotatable bonds is 5. The highest BCUT2D eigenvalue weighted by Crippen LogP contribution is 2.35. The maximum Gasteiger partial charge on any atom is 0.416 e. The van der Waals surface area contributed by atoms with Crippen molar-refractivity contribution in [3.63, 3.8) is 0 Å². The number of amides is 1. The number of halogens is 3. The fraction of sp³-hybridized carbons (Fsp3) is 0.471. The number of nitrogens with one attached hydrogen (secondary N) is 2. The molecule has 0 fully saturated rings. The van der Waals surface area contributed by atoms with E-state index < -0.39 is 17.7 Å². The minimum Gasteiger partial charge on any atom is -0.352 e. The van der Waals surface area contributed by atoms with Crippen molar-refractivity contribution in [2.24, 2.45) is 0 Å². The van der Waals surface area contributed by atoms with Gasteiger partial charge >= 0.3 is 6.18 Å². The lowest BCUT2D eigenvalue weighted by molar-refractivity contribution is -0.138. The van der Waals surface area contributed by atoms with E-state index in [4.69, 9.17) is 0 Å². The number of carbonyl (C=O) groups is 1. The average Bonchev–Trinajstić information content (AvgIpc) is 2.53. The summed E-state index contributed by atoms with van der Waals surface area (Å²) in [7, 11) is 0. The summed E-state index contributed by atoms with van der Waals surface area (Å²) in [5, 5.41) is 5.98. The van der Waals surface area contributed by atoms with Crippen LogP contribution in [0.4, 0.5) is 13.2 Å². The molecule has 0 saturated heterocycles. The average molecular weight is 326 g/mol. The van der Waals surface area contributed by atoms with Crippen molar-refractivity contribution in [1.29, 1.82) is 0 Å². The monoisotopic (exact) mass is 326 g/mol. The maximum absolute atomic E-state index is 13.0. The summed E-state index contributed by atoms with van der Waals surface area (Å²) in [6, 6.07) is 5.43. The van der Waals surface area contributed by atoms with E-state index in [1.165, 1.54) is 12.1 Å². The Morgan fingerprint density at radius 1 is 1.35 bits per heavy atom. The molecule has 1 amide bonds. The zero-order valence-electron chi connectivity index (χ0n) is 13.0. The van der Waals surface area contributed by atoms with E-state index in [2.05, 4.69) is 10.6 Å².